The van der Waals surface area contributed by atoms with E-state index in [4.69, 9.17) is 12.2 Å². The van der Waals surface area contributed by atoms with Crippen LogP contribution in [0.2, 0.25) is 0 Å². The maximum Gasteiger partial charge on any atom is 0.334 e. The minimum absolute atomic E-state index is 0.0815. The van der Waals surface area contributed by atoms with Crippen LogP contribution in [0.4, 0.5) is 0 Å². The summed E-state index contributed by atoms with van der Waals surface area (Å²) in [7, 11) is 1.56. The molecule has 1 saturated carbocycles. The first-order valence-electron chi connectivity index (χ1n) is 4.03. The fraction of sp³-hybridized carbons (Fsp3) is 0.571. The molecule has 6 heteroatoms. The first kappa shape index (κ1) is 8.43. The van der Waals surface area contributed by atoms with Crippen molar-refractivity contribution in [1.29, 1.82) is 0 Å². The van der Waals surface area contributed by atoms with Crippen LogP contribution in [0.15, 0.2) is 9.59 Å². The summed E-state index contributed by atoms with van der Waals surface area (Å²) in [6.45, 7) is 0. The van der Waals surface area contributed by atoms with E-state index in [0.717, 1.165) is 12.8 Å². The van der Waals surface area contributed by atoms with E-state index in [-0.39, 0.29) is 16.5 Å². The number of nitrogens with zero attached hydrogens (tertiary/aromatic N) is 2. The Kier molecular flexibility index (Phi) is 1.73. The van der Waals surface area contributed by atoms with Crippen molar-refractivity contribution in [1.82, 2.24) is 14.1 Å². The smallest absolute Gasteiger partial charge is 0.284 e. The Balaban J connectivity index is 2.83. The highest BCUT2D eigenvalue weighted by Gasteiger charge is 2.27. The fourth-order valence-electron chi connectivity index (χ4n) is 1.23. The van der Waals surface area contributed by atoms with Gasteiger partial charge in [-0.15, -0.1) is 0 Å². The number of rotatable bonds is 1. The summed E-state index contributed by atoms with van der Waals surface area (Å²) in [5.74, 6) is 0. The van der Waals surface area contributed by atoms with Crippen molar-refractivity contribution >= 4 is 12.2 Å². The molecule has 0 unspecified atom stereocenters. The number of hydrogen-bond donors (Lipinski definition) is 1. The van der Waals surface area contributed by atoms with Crippen molar-refractivity contribution in [2.75, 3.05) is 0 Å². The molecule has 0 aliphatic heterocycles. The molecule has 1 N–H and O–H groups in total. The summed E-state index contributed by atoms with van der Waals surface area (Å²) < 4.78 is 2.68. The Morgan fingerprint density at radius 3 is 2.62 bits per heavy atom. The van der Waals surface area contributed by atoms with Crippen LogP contribution in [-0.4, -0.2) is 14.1 Å². The van der Waals surface area contributed by atoms with E-state index in [2.05, 4.69) is 4.98 Å². The van der Waals surface area contributed by atoms with E-state index in [1.807, 2.05) is 0 Å². The van der Waals surface area contributed by atoms with Crippen molar-refractivity contribution in [3.05, 3.63) is 25.7 Å². The second kappa shape index (κ2) is 2.66. The number of nitrogens with one attached hydrogen (secondary N) is 1. The number of aromatic amines is 1. The first-order chi connectivity index (χ1) is 6.11. The maximum atomic E-state index is 11.5. The van der Waals surface area contributed by atoms with Gasteiger partial charge >= 0.3 is 11.4 Å². The Labute approximate surface area is 78.6 Å². The largest absolute Gasteiger partial charge is 0.334 e. The van der Waals surface area contributed by atoms with Gasteiger partial charge in [-0.2, -0.15) is 0 Å². The second-order valence-corrected chi connectivity index (χ2v) is 3.56. The van der Waals surface area contributed by atoms with Gasteiger partial charge in [-0.3, -0.25) is 9.55 Å². The molecular weight excluding hydrogens is 190 g/mol. The molecule has 0 saturated heterocycles. The van der Waals surface area contributed by atoms with Crippen LogP contribution in [0.5, 0.6) is 0 Å². The van der Waals surface area contributed by atoms with Gasteiger partial charge in [0.1, 0.15) is 0 Å². The molecule has 0 radical (unpaired) electrons. The van der Waals surface area contributed by atoms with Gasteiger partial charge in [-0.1, -0.05) is 0 Å². The summed E-state index contributed by atoms with van der Waals surface area (Å²) in [4.78, 5) is 25.3. The van der Waals surface area contributed by atoms with Crippen molar-refractivity contribution in [2.45, 2.75) is 18.9 Å². The molecule has 1 heterocycles. The Bertz CT molecular complexity index is 506. The van der Waals surface area contributed by atoms with Crippen LogP contribution in [0.1, 0.15) is 18.9 Å². The van der Waals surface area contributed by atoms with Gasteiger partial charge in [0.2, 0.25) is 0 Å². The van der Waals surface area contributed by atoms with Crippen LogP contribution in [-0.2, 0) is 7.05 Å². The topological polar surface area (TPSA) is 59.8 Å². The van der Waals surface area contributed by atoms with E-state index < -0.39 is 5.69 Å². The third-order valence-electron chi connectivity index (χ3n) is 2.14. The molecule has 1 aromatic heterocycles. The molecule has 13 heavy (non-hydrogen) atoms. The normalized spacial score (nSPS) is 16.1. The minimum Gasteiger partial charge on any atom is -0.284 e. The van der Waals surface area contributed by atoms with E-state index in [0.29, 0.717) is 0 Å². The van der Waals surface area contributed by atoms with Crippen molar-refractivity contribution in [2.24, 2.45) is 7.05 Å². The van der Waals surface area contributed by atoms with Gasteiger partial charge in [0.25, 0.3) is 0 Å². The van der Waals surface area contributed by atoms with E-state index in [9.17, 15) is 9.59 Å². The van der Waals surface area contributed by atoms with Crippen LogP contribution < -0.4 is 11.4 Å². The third kappa shape index (κ3) is 1.27. The monoisotopic (exact) mass is 199 g/mol. The van der Waals surface area contributed by atoms with E-state index in [1.165, 1.54) is 9.13 Å². The molecule has 0 bridgehead atoms. The average molecular weight is 199 g/mol. The molecular formula is C7H9N3O2S. The summed E-state index contributed by atoms with van der Waals surface area (Å²) in [5, 5.41) is 0. The minimum atomic E-state index is -0.393. The van der Waals surface area contributed by atoms with Crippen LogP contribution in [0.25, 0.3) is 0 Å². The van der Waals surface area contributed by atoms with Gasteiger partial charge in [-0.05, 0) is 25.1 Å². The highest BCUT2D eigenvalue weighted by Crippen LogP contribution is 2.31. The molecule has 0 aromatic carbocycles. The fourth-order valence-corrected chi connectivity index (χ4v) is 1.39. The molecule has 1 aromatic rings. The molecule has 1 aliphatic rings. The molecule has 0 spiro atoms. The Morgan fingerprint density at radius 1 is 1.46 bits per heavy atom. The van der Waals surface area contributed by atoms with Crippen molar-refractivity contribution in [3.8, 4) is 0 Å². The zero-order valence-electron chi connectivity index (χ0n) is 7.11. The number of H-pyrrole nitrogens is 1. The molecule has 5 nitrogen and oxygen atoms in total. The molecule has 1 fully saturated rings. The van der Waals surface area contributed by atoms with Crippen LogP contribution in [0, 0.1) is 4.77 Å². The lowest BCUT2D eigenvalue weighted by atomic mass is 10.6. The summed E-state index contributed by atoms with van der Waals surface area (Å²) in [6, 6.07) is 0.0815. The average Bonchev–Trinajstić information content (AvgIpc) is 2.84. The Hall–Kier alpha value is -1.17. The zero-order chi connectivity index (χ0) is 9.59. The SMILES string of the molecule is Cn1c(=S)[nH]c(=O)n(C2CC2)c1=O. The second-order valence-electron chi connectivity index (χ2n) is 3.18. The Morgan fingerprint density at radius 2 is 2.08 bits per heavy atom. The highest BCUT2D eigenvalue weighted by atomic mass is 32.1. The van der Waals surface area contributed by atoms with E-state index >= 15 is 0 Å². The molecule has 1 aliphatic carbocycles. The summed E-state index contributed by atoms with van der Waals surface area (Å²) in [5.41, 5.74) is -0.716. The first-order valence-corrected chi connectivity index (χ1v) is 4.44. The lowest BCUT2D eigenvalue weighted by Crippen LogP contribution is -2.40. The van der Waals surface area contributed by atoms with Gasteiger partial charge in [0.15, 0.2) is 4.77 Å². The quantitative estimate of drug-likeness (QED) is 0.644. The lowest BCUT2D eigenvalue weighted by molar-refractivity contribution is 0.571. The van der Waals surface area contributed by atoms with Crippen molar-refractivity contribution in [3.63, 3.8) is 0 Å². The predicted octanol–water partition coefficient (Wildman–Crippen LogP) is -0.0605. The van der Waals surface area contributed by atoms with Crippen molar-refractivity contribution < 1.29 is 0 Å². The van der Waals surface area contributed by atoms with Crippen LogP contribution in [0.3, 0.4) is 0 Å². The lowest BCUT2D eigenvalue weighted by Gasteiger charge is -2.03. The third-order valence-corrected chi connectivity index (χ3v) is 2.52. The predicted molar refractivity (Wildman–Crippen MR) is 49.4 cm³/mol. The van der Waals surface area contributed by atoms with Gasteiger partial charge in [0.05, 0.1) is 0 Å². The van der Waals surface area contributed by atoms with E-state index in [1.54, 1.807) is 7.05 Å². The van der Waals surface area contributed by atoms with Gasteiger partial charge in [-0.25, -0.2) is 14.2 Å². The summed E-state index contributed by atoms with van der Waals surface area (Å²) >= 11 is 4.79. The molecule has 0 atom stereocenters. The molecule has 70 valence electrons. The number of aromatic nitrogens is 3. The number of hydrogen-bond acceptors (Lipinski definition) is 3. The summed E-state index contributed by atoms with van der Waals surface area (Å²) in [6.07, 6.45) is 1.81. The molecule has 2 rings (SSSR count). The highest BCUT2D eigenvalue weighted by molar-refractivity contribution is 7.71. The van der Waals surface area contributed by atoms with Crippen LogP contribution >= 0.6 is 12.2 Å². The molecule has 0 amide bonds. The zero-order valence-corrected chi connectivity index (χ0v) is 7.93. The van der Waals surface area contributed by atoms with Gasteiger partial charge < -0.3 is 0 Å². The van der Waals surface area contributed by atoms with Gasteiger partial charge in [0, 0.05) is 13.1 Å². The standard InChI is InChI=1S/C7H9N3O2S/c1-9-6(13)8-5(11)10(7(9)12)4-2-3-4/h4H,2-3H2,1H3,(H,8,11,13). The maximum absolute atomic E-state index is 11.5.